The fraction of sp³-hybridized carbons (Fsp3) is 0.846. The van der Waals surface area contributed by atoms with E-state index in [1.807, 2.05) is 0 Å². The summed E-state index contributed by atoms with van der Waals surface area (Å²) < 4.78 is 30.7. The monoisotopic (exact) mass is 336 g/mol. The van der Waals surface area contributed by atoms with E-state index in [9.17, 15) is 18.0 Å². The number of aliphatic carboxylic acids is 1. The smallest absolute Gasteiger partial charge is 0.305 e. The Balaban J connectivity index is 2.83. The normalized spacial score (nSPS) is 22.3. The van der Waals surface area contributed by atoms with Crippen LogP contribution in [0.1, 0.15) is 26.7 Å². The standard InChI is InChI=1S/C13H24N2O6S/c1-4-14(5-2)22(19,20)9-12(16)15-8-11(21-3)6-10(15)7-13(17)18/h10-11H,4-9H2,1-3H3,(H,17,18). The average Bonchev–Trinajstić information content (AvgIpc) is 2.81. The number of ether oxygens (including phenoxy) is 1. The number of amides is 1. The zero-order chi connectivity index (χ0) is 16.9. The van der Waals surface area contributed by atoms with Gasteiger partial charge in [0.05, 0.1) is 12.5 Å². The van der Waals surface area contributed by atoms with Crippen molar-refractivity contribution < 1.29 is 27.9 Å². The average molecular weight is 336 g/mol. The molecule has 1 fully saturated rings. The lowest BCUT2D eigenvalue weighted by molar-refractivity contribution is -0.139. The van der Waals surface area contributed by atoms with Crippen LogP contribution < -0.4 is 0 Å². The van der Waals surface area contributed by atoms with Crippen LogP contribution in [0.15, 0.2) is 0 Å². The lowest BCUT2D eigenvalue weighted by Crippen LogP contribution is -2.44. The van der Waals surface area contributed by atoms with Crippen molar-refractivity contribution in [3.63, 3.8) is 0 Å². The van der Waals surface area contributed by atoms with E-state index >= 15 is 0 Å². The molecule has 0 aromatic carbocycles. The Morgan fingerprint density at radius 2 is 1.91 bits per heavy atom. The molecular weight excluding hydrogens is 312 g/mol. The van der Waals surface area contributed by atoms with Crippen molar-refractivity contribution >= 4 is 21.9 Å². The third kappa shape index (κ3) is 4.65. The zero-order valence-electron chi connectivity index (χ0n) is 13.2. The van der Waals surface area contributed by atoms with Gasteiger partial charge < -0.3 is 14.7 Å². The minimum atomic E-state index is -3.68. The molecule has 1 amide bonds. The number of carboxylic acids is 1. The molecular formula is C13H24N2O6S. The van der Waals surface area contributed by atoms with Gasteiger partial charge in [0.1, 0.15) is 5.75 Å². The highest BCUT2D eigenvalue weighted by atomic mass is 32.2. The van der Waals surface area contributed by atoms with Gasteiger partial charge in [0.2, 0.25) is 15.9 Å². The van der Waals surface area contributed by atoms with Crippen molar-refractivity contribution in [3.8, 4) is 0 Å². The quantitative estimate of drug-likeness (QED) is 0.655. The molecule has 2 unspecified atom stereocenters. The second-order valence-corrected chi connectivity index (χ2v) is 7.20. The number of hydrogen-bond donors (Lipinski definition) is 1. The molecule has 0 bridgehead atoms. The first-order chi connectivity index (χ1) is 10.2. The molecule has 2 atom stereocenters. The van der Waals surface area contributed by atoms with Crippen molar-refractivity contribution in [1.29, 1.82) is 0 Å². The topological polar surface area (TPSA) is 104 Å². The van der Waals surface area contributed by atoms with E-state index < -0.39 is 33.7 Å². The number of nitrogens with zero attached hydrogens (tertiary/aromatic N) is 2. The number of carboxylic acid groups (broad SMARTS) is 1. The first kappa shape index (κ1) is 18.9. The first-order valence-corrected chi connectivity index (χ1v) is 8.87. The van der Waals surface area contributed by atoms with Crippen LogP contribution >= 0.6 is 0 Å². The maximum atomic E-state index is 12.3. The predicted molar refractivity (Wildman–Crippen MR) is 79.9 cm³/mol. The molecule has 0 aromatic heterocycles. The molecule has 1 N–H and O–H groups in total. The maximum absolute atomic E-state index is 12.3. The van der Waals surface area contributed by atoms with E-state index in [1.165, 1.54) is 16.3 Å². The molecule has 1 heterocycles. The van der Waals surface area contributed by atoms with Crippen LogP contribution in [0.4, 0.5) is 0 Å². The minimum Gasteiger partial charge on any atom is -0.481 e. The summed E-state index contributed by atoms with van der Waals surface area (Å²) in [6, 6.07) is -0.526. The molecule has 8 nitrogen and oxygen atoms in total. The highest BCUT2D eigenvalue weighted by Crippen LogP contribution is 2.23. The van der Waals surface area contributed by atoms with E-state index in [0.29, 0.717) is 19.5 Å². The fourth-order valence-corrected chi connectivity index (χ4v) is 4.14. The summed E-state index contributed by atoms with van der Waals surface area (Å²) in [6.07, 6.45) is -0.0685. The molecule has 1 aliphatic heterocycles. The minimum absolute atomic E-state index is 0.211. The number of likely N-dealkylation sites (tertiary alicyclic amines) is 1. The number of hydrogen-bond acceptors (Lipinski definition) is 5. The van der Waals surface area contributed by atoms with Crippen molar-refractivity contribution in [2.75, 3.05) is 32.5 Å². The molecule has 128 valence electrons. The van der Waals surface area contributed by atoms with Crippen LogP contribution in [0.3, 0.4) is 0 Å². The fourth-order valence-electron chi connectivity index (χ4n) is 2.69. The van der Waals surface area contributed by atoms with E-state index in [0.717, 1.165) is 0 Å². The Hall–Kier alpha value is -1.19. The Kier molecular flexibility index (Phi) is 6.76. The number of methoxy groups -OCH3 is 1. The predicted octanol–water partition coefficient (Wildman–Crippen LogP) is -0.251. The Labute approximate surface area is 131 Å². The van der Waals surface area contributed by atoms with Gasteiger partial charge in [0, 0.05) is 32.8 Å². The molecule has 0 aliphatic carbocycles. The molecule has 1 rings (SSSR count). The molecule has 0 spiro atoms. The van der Waals surface area contributed by atoms with Gasteiger partial charge in [-0.1, -0.05) is 13.8 Å². The highest BCUT2D eigenvalue weighted by molar-refractivity contribution is 7.89. The Morgan fingerprint density at radius 3 is 2.36 bits per heavy atom. The molecule has 1 aliphatic rings. The SMILES string of the molecule is CCN(CC)S(=O)(=O)CC(=O)N1CC(OC)CC1CC(=O)O. The summed E-state index contributed by atoms with van der Waals surface area (Å²) in [5.74, 6) is -2.23. The summed E-state index contributed by atoms with van der Waals surface area (Å²) in [6.45, 7) is 4.23. The van der Waals surface area contributed by atoms with Gasteiger partial charge in [0.25, 0.3) is 0 Å². The number of sulfonamides is 1. The molecule has 0 saturated carbocycles. The molecule has 1 saturated heterocycles. The van der Waals surface area contributed by atoms with Gasteiger partial charge in [-0.05, 0) is 6.42 Å². The summed E-state index contributed by atoms with van der Waals surface area (Å²) in [7, 11) is -2.19. The van der Waals surface area contributed by atoms with Crippen molar-refractivity contribution in [2.24, 2.45) is 0 Å². The largest absolute Gasteiger partial charge is 0.481 e. The van der Waals surface area contributed by atoms with Crippen LogP contribution in [-0.2, 0) is 24.3 Å². The summed E-state index contributed by atoms with van der Waals surface area (Å²) >= 11 is 0. The van der Waals surface area contributed by atoms with Gasteiger partial charge in [-0.3, -0.25) is 9.59 Å². The van der Waals surface area contributed by atoms with Gasteiger partial charge in [-0.2, -0.15) is 0 Å². The van der Waals surface area contributed by atoms with E-state index in [-0.39, 0.29) is 19.1 Å². The maximum Gasteiger partial charge on any atom is 0.305 e. The molecule has 0 radical (unpaired) electrons. The van der Waals surface area contributed by atoms with Crippen molar-refractivity contribution in [2.45, 2.75) is 38.8 Å². The van der Waals surface area contributed by atoms with Gasteiger partial charge in [-0.25, -0.2) is 12.7 Å². The summed E-state index contributed by atoms with van der Waals surface area (Å²) in [4.78, 5) is 24.5. The van der Waals surface area contributed by atoms with Gasteiger partial charge >= 0.3 is 5.97 Å². The highest BCUT2D eigenvalue weighted by Gasteiger charge is 2.38. The van der Waals surface area contributed by atoms with Crippen LogP contribution in [0, 0.1) is 0 Å². The van der Waals surface area contributed by atoms with Crippen molar-refractivity contribution in [1.82, 2.24) is 9.21 Å². The summed E-state index contributed by atoms with van der Waals surface area (Å²) in [5, 5.41) is 8.92. The van der Waals surface area contributed by atoms with Crippen LogP contribution in [0.2, 0.25) is 0 Å². The van der Waals surface area contributed by atoms with Crippen molar-refractivity contribution in [3.05, 3.63) is 0 Å². The second kappa shape index (κ2) is 7.89. The second-order valence-electron chi connectivity index (χ2n) is 5.23. The number of rotatable bonds is 8. The molecule has 9 heteroatoms. The van der Waals surface area contributed by atoms with Gasteiger partial charge in [-0.15, -0.1) is 0 Å². The Bertz CT molecular complexity index is 503. The molecule has 22 heavy (non-hydrogen) atoms. The lowest BCUT2D eigenvalue weighted by Gasteiger charge is -2.25. The Morgan fingerprint density at radius 1 is 1.32 bits per heavy atom. The summed E-state index contributed by atoms with van der Waals surface area (Å²) in [5.41, 5.74) is 0. The third-order valence-corrected chi connectivity index (χ3v) is 5.76. The van der Waals surface area contributed by atoms with Crippen LogP contribution in [-0.4, -0.2) is 79.2 Å². The number of carbonyl (C=O) groups excluding carboxylic acids is 1. The first-order valence-electron chi connectivity index (χ1n) is 7.27. The lowest BCUT2D eigenvalue weighted by atomic mass is 10.1. The van der Waals surface area contributed by atoms with Gasteiger partial charge in [0.15, 0.2) is 0 Å². The van der Waals surface area contributed by atoms with E-state index in [2.05, 4.69) is 0 Å². The van der Waals surface area contributed by atoms with E-state index in [4.69, 9.17) is 9.84 Å². The third-order valence-electron chi connectivity index (χ3n) is 3.84. The molecule has 0 aromatic rings. The van der Waals surface area contributed by atoms with Crippen LogP contribution in [0.25, 0.3) is 0 Å². The van der Waals surface area contributed by atoms with E-state index in [1.54, 1.807) is 13.8 Å². The number of carbonyl (C=O) groups is 2. The zero-order valence-corrected chi connectivity index (χ0v) is 14.0. The van der Waals surface area contributed by atoms with Crippen LogP contribution in [0.5, 0.6) is 0 Å².